The van der Waals surface area contributed by atoms with Gasteiger partial charge in [-0.2, -0.15) is 0 Å². The van der Waals surface area contributed by atoms with Gasteiger partial charge in [0.2, 0.25) is 0 Å². The number of nitrogen functional groups attached to an aromatic ring is 1. The summed E-state index contributed by atoms with van der Waals surface area (Å²) in [6.45, 7) is 8.51. The van der Waals surface area contributed by atoms with E-state index in [-0.39, 0.29) is 18.5 Å². The molecular weight excluding hydrogens is 470 g/mol. The molecule has 6 atom stereocenters. The fourth-order valence-electron chi connectivity index (χ4n) is 3.75. The number of fused-ring (bicyclic) bond motifs is 1. The Morgan fingerprint density at radius 2 is 2.12 bits per heavy atom. The van der Waals surface area contributed by atoms with Crippen LogP contribution in [0.5, 0.6) is 0 Å². The van der Waals surface area contributed by atoms with Gasteiger partial charge in [-0.1, -0.05) is 6.92 Å². The minimum absolute atomic E-state index is 0.155. The van der Waals surface area contributed by atoms with Crippen molar-refractivity contribution in [3.63, 3.8) is 0 Å². The molecule has 0 amide bonds. The number of aliphatic hydroxyl groups excluding tert-OH is 1. The van der Waals surface area contributed by atoms with Gasteiger partial charge in [0.15, 0.2) is 23.9 Å². The summed E-state index contributed by atoms with van der Waals surface area (Å²) in [5, 5.41) is 12.6. The van der Waals surface area contributed by atoms with Gasteiger partial charge in [0.1, 0.15) is 17.4 Å². The second kappa shape index (κ2) is 9.82. The van der Waals surface area contributed by atoms with Gasteiger partial charge in [-0.05, 0) is 27.7 Å². The van der Waals surface area contributed by atoms with Crippen LogP contribution in [0.2, 0.25) is 0 Å². The Labute approximate surface area is 196 Å². The fraction of sp³-hybridized carbons (Fsp3) is 0.700. The van der Waals surface area contributed by atoms with Gasteiger partial charge in [-0.25, -0.2) is 24.4 Å². The van der Waals surface area contributed by atoms with Gasteiger partial charge in [-0.3, -0.25) is 13.9 Å². The number of aromatic nitrogens is 4. The number of ether oxygens (including phenoxy) is 2. The Morgan fingerprint density at radius 3 is 2.74 bits per heavy atom. The average Bonchev–Trinajstić information content (AvgIpc) is 3.25. The molecule has 190 valence electrons. The Balaban J connectivity index is 1.77. The number of nitrogens with one attached hydrogen (secondary N) is 1. The number of nitrogens with two attached hydrogens (primary N) is 1. The molecule has 0 aromatic carbocycles. The van der Waals surface area contributed by atoms with Gasteiger partial charge in [0.05, 0.1) is 37.2 Å². The third-order valence-corrected chi connectivity index (χ3v) is 7.20. The Hall–Kier alpha value is -2.18. The number of halogens is 1. The summed E-state index contributed by atoms with van der Waals surface area (Å²) < 4.78 is 46.5. The maximum atomic E-state index is 15.6. The first-order chi connectivity index (χ1) is 15.8. The first kappa shape index (κ1) is 26.4. The van der Waals surface area contributed by atoms with Crippen molar-refractivity contribution in [1.29, 1.82) is 0 Å². The first-order valence-corrected chi connectivity index (χ1v) is 12.9. The second-order valence-electron chi connectivity index (χ2n) is 9.04. The van der Waals surface area contributed by atoms with Crippen LogP contribution in [0.1, 0.15) is 39.7 Å². The zero-order valence-corrected chi connectivity index (χ0v) is 21.0. The zero-order chi connectivity index (χ0) is 25.4. The smallest absolute Gasteiger partial charge is 0.323 e. The van der Waals surface area contributed by atoms with Crippen LogP contribution >= 0.6 is 7.52 Å². The minimum Gasteiger partial charge on any atom is -0.462 e. The van der Waals surface area contributed by atoms with Crippen molar-refractivity contribution in [3.05, 3.63) is 12.2 Å². The number of aryl methyl sites for hydroxylation is 1. The lowest BCUT2D eigenvalue weighted by Gasteiger charge is -2.30. The molecule has 3 heterocycles. The molecular formula is C20H32FN6O6P. The number of aliphatic hydroxyl groups is 1. The van der Waals surface area contributed by atoms with Crippen molar-refractivity contribution in [2.75, 3.05) is 25.6 Å². The van der Waals surface area contributed by atoms with Gasteiger partial charge >= 0.3 is 5.97 Å². The van der Waals surface area contributed by atoms with Gasteiger partial charge in [0.25, 0.3) is 7.52 Å². The molecule has 0 saturated carbocycles. The molecule has 2 unspecified atom stereocenters. The summed E-state index contributed by atoms with van der Waals surface area (Å²) >= 11 is 0. The van der Waals surface area contributed by atoms with Gasteiger partial charge in [0, 0.05) is 6.66 Å². The van der Waals surface area contributed by atoms with E-state index in [0.717, 1.165) is 0 Å². The second-order valence-corrected chi connectivity index (χ2v) is 11.2. The number of carbonyl (C=O) groups excluding carboxylic acids is 1. The molecule has 2 aromatic heterocycles. The number of anilines is 1. The number of carbonyl (C=O) groups is 1. The largest absolute Gasteiger partial charge is 0.462 e. The van der Waals surface area contributed by atoms with Crippen molar-refractivity contribution >= 4 is 30.5 Å². The number of hydrogen-bond acceptors (Lipinski definition) is 10. The number of rotatable bonds is 9. The highest BCUT2D eigenvalue weighted by Crippen LogP contribution is 2.48. The van der Waals surface area contributed by atoms with E-state index in [1.165, 1.54) is 31.4 Å². The molecule has 12 nitrogen and oxygen atoms in total. The average molecular weight is 502 g/mol. The lowest BCUT2D eigenvalue weighted by Crippen LogP contribution is -2.41. The SMILES string of the molecule is Cc1nc(N)c2ncn([C@@H]3O[C@H](COP(C)(=O)N[C@@H](C)C(=O)OC(C)C)C(C)(CO)[C@H]3F)c2n1. The number of hydrogen-bond donors (Lipinski definition) is 3. The highest BCUT2D eigenvalue weighted by Gasteiger charge is 2.55. The van der Waals surface area contributed by atoms with E-state index in [9.17, 15) is 14.5 Å². The lowest BCUT2D eigenvalue weighted by molar-refractivity contribution is -0.149. The van der Waals surface area contributed by atoms with Crippen LogP contribution in [-0.2, 0) is 23.4 Å². The minimum atomic E-state index is -3.51. The summed E-state index contributed by atoms with van der Waals surface area (Å²) in [5.74, 6) is -0.0407. The molecule has 34 heavy (non-hydrogen) atoms. The Bertz CT molecular complexity index is 1100. The van der Waals surface area contributed by atoms with E-state index < -0.39 is 50.1 Å². The molecule has 0 radical (unpaired) electrons. The summed E-state index contributed by atoms with van der Waals surface area (Å²) in [6, 6.07) is -0.890. The molecule has 0 spiro atoms. The summed E-state index contributed by atoms with van der Waals surface area (Å²) in [7, 11) is -3.51. The van der Waals surface area contributed by atoms with Crippen molar-refractivity contribution < 1.29 is 32.9 Å². The van der Waals surface area contributed by atoms with Crippen LogP contribution in [0.25, 0.3) is 11.2 Å². The maximum absolute atomic E-state index is 15.6. The third-order valence-electron chi connectivity index (χ3n) is 5.70. The van der Waals surface area contributed by atoms with E-state index in [1.807, 2.05) is 0 Å². The normalized spacial score (nSPS) is 27.7. The van der Waals surface area contributed by atoms with Crippen LogP contribution in [0.4, 0.5) is 10.2 Å². The van der Waals surface area contributed by atoms with Crippen LogP contribution in [0.15, 0.2) is 6.33 Å². The molecule has 1 aliphatic rings. The van der Waals surface area contributed by atoms with Crippen LogP contribution in [-0.4, -0.2) is 74.9 Å². The maximum Gasteiger partial charge on any atom is 0.323 e. The summed E-state index contributed by atoms with van der Waals surface area (Å²) in [6.07, 6.45) is -2.81. The van der Waals surface area contributed by atoms with Crippen LogP contribution in [0, 0.1) is 12.3 Å². The highest BCUT2D eigenvalue weighted by molar-refractivity contribution is 7.56. The van der Waals surface area contributed by atoms with Crippen molar-refractivity contribution in [1.82, 2.24) is 24.6 Å². The number of alkyl halides is 1. The van der Waals surface area contributed by atoms with Crippen molar-refractivity contribution in [2.24, 2.45) is 5.41 Å². The van der Waals surface area contributed by atoms with Gasteiger partial charge in [-0.15, -0.1) is 0 Å². The van der Waals surface area contributed by atoms with Crippen LogP contribution < -0.4 is 10.8 Å². The number of imidazole rings is 1. The van der Waals surface area contributed by atoms with Crippen molar-refractivity contribution in [3.8, 4) is 0 Å². The molecule has 0 aliphatic carbocycles. The molecule has 1 aliphatic heterocycles. The molecule has 3 rings (SSSR count). The quantitative estimate of drug-likeness (QED) is 0.338. The lowest BCUT2D eigenvalue weighted by atomic mass is 9.82. The Kier molecular flexibility index (Phi) is 7.63. The van der Waals surface area contributed by atoms with E-state index in [4.69, 9.17) is 19.7 Å². The van der Waals surface area contributed by atoms with E-state index in [1.54, 1.807) is 20.8 Å². The molecule has 2 aromatic rings. The van der Waals surface area contributed by atoms with E-state index in [2.05, 4.69) is 20.0 Å². The standard InChI is InChI=1S/C20H32FN6O6P/c1-10(2)32-19(29)11(3)26-34(6,30)31-7-13-20(5,8-28)15(21)18(33-13)27-9-23-14-16(22)24-12(4)25-17(14)27/h9-11,13,15,18,28H,7-8H2,1-6H3,(H,26,30)(H2,22,24,25)/t11-,13+,15-,18+,20?,34?/m0/s1. The highest BCUT2D eigenvalue weighted by atomic mass is 31.2. The topological polar surface area (TPSA) is 164 Å². The van der Waals surface area contributed by atoms with Crippen molar-refractivity contribution in [2.45, 2.75) is 65.3 Å². The predicted molar refractivity (Wildman–Crippen MR) is 122 cm³/mol. The third kappa shape index (κ3) is 5.23. The van der Waals surface area contributed by atoms with E-state index in [0.29, 0.717) is 17.0 Å². The molecule has 1 saturated heterocycles. The Morgan fingerprint density at radius 1 is 1.44 bits per heavy atom. The van der Waals surface area contributed by atoms with Gasteiger partial charge < -0.3 is 24.8 Å². The number of nitrogens with zero attached hydrogens (tertiary/aromatic N) is 4. The number of esters is 1. The molecule has 14 heteroatoms. The summed E-state index contributed by atoms with van der Waals surface area (Å²) in [5.41, 5.74) is 5.12. The predicted octanol–water partition coefficient (Wildman–Crippen LogP) is 1.72. The molecule has 0 bridgehead atoms. The zero-order valence-electron chi connectivity index (χ0n) is 20.1. The molecule has 1 fully saturated rings. The first-order valence-electron chi connectivity index (χ1n) is 10.9. The van der Waals surface area contributed by atoms with Crippen LogP contribution in [0.3, 0.4) is 0 Å². The summed E-state index contributed by atoms with van der Waals surface area (Å²) in [4.78, 5) is 24.5. The fourth-order valence-corrected chi connectivity index (χ4v) is 5.05. The monoisotopic (exact) mass is 502 g/mol. The molecule has 4 N–H and O–H groups in total. The van der Waals surface area contributed by atoms with E-state index >= 15 is 4.39 Å².